The lowest BCUT2D eigenvalue weighted by Gasteiger charge is -2.11. The van der Waals surface area contributed by atoms with E-state index in [0.717, 1.165) is 29.5 Å². The lowest BCUT2D eigenvalue weighted by Crippen LogP contribution is -2.36. The van der Waals surface area contributed by atoms with Gasteiger partial charge in [-0.1, -0.05) is 36.6 Å². The molecular weight excluding hydrogens is 342 g/mol. The van der Waals surface area contributed by atoms with Crippen LogP contribution in [0.3, 0.4) is 0 Å². The van der Waals surface area contributed by atoms with E-state index in [1.54, 1.807) is 24.4 Å². The molecule has 2 aromatic rings. The summed E-state index contributed by atoms with van der Waals surface area (Å²) in [5, 5.41) is 5.43. The molecule has 27 heavy (non-hydrogen) atoms. The van der Waals surface area contributed by atoms with Gasteiger partial charge in [-0.05, 0) is 38.5 Å². The number of rotatable bonds is 9. The topological polar surface area (TPSA) is 80.3 Å². The molecule has 1 aromatic heterocycles. The minimum Gasteiger partial charge on any atom is -0.477 e. The second kappa shape index (κ2) is 10.3. The highest BCUT2D eigenvalue weighted by atomic mass is 16.5. The molecule has 0 atom stereocenters. The normalized spacial score (nSPS) is 10.3. The van der Waals surface area contributed by atoms with E-state index < -0.39 is 0 Å². The number of ether oxygens (including phenoxy) is 1. The van der Waals surface area contributed by atoms with Crippen LogP contribution in [0, 0.1) is 13.8 Å². The summed E-state index contributed by atoms with van der Waals surface area (Å²) in [6, 6.07) is 9.27. The number of nitrogens with one attached hydrogen (secondary N) is 2. The predicted molar refractivity (Wildman–Crippen MR) is 105 cm³/mol. The van der Waals surface area contributed by atoms with E-state index in [9.17, 15) is 9.59 Å². The van der Waals surface area contributed by atoms with Crippen molar-refractivity contribution < 1.29 is 14.3 Å². The molecule has 6 heteroatoms. The van der Waals surface area contributed by atoms with Gasteiger partial charge in [-0.15, -0.1) is 0 Å². The first-order valence-electron chi connectivity index (χ1n) is 9.19. The van der Waals surface area contributed by atoms with Crippen LogP contribution in [-0.4, -0.2) is 29.9 Å². The van der Waals surface area contributed by atoms with Gasteiger partial charge in [-0.2, -0.15) is 0 Å². The number of amides is 2. The maximum Gasteiger partial charge on any atom is 0.251 e. The fraction of sp³-hybridized carbons (Fsp3) is 0.381. The Morgan fingerprint density at radius 3 is 2.56 bits per heavy atom. The summed E-state index contributed by atoms with van der Waals surface area (Å²) in [6.07, 6.45) is 3.66. The summed E-state index contributed by atoms with van der Waals surface area (Å²) in [5.41, 5.74) is 3.38. The van der Waals surface area contributed by atoms with Gasteiger partial charge in [0.2, 0.25) is 11.8 Å². The summed E-state index contributed by atoms with van der Waals surface area (Å²) in [7, 11) is 0. The second-order valence-corrected chi connectivity index (χ2v) is 6.51. The van der Waals surface area contributed by atoms with Crippen molar-refractivity contribution in [3.8, 4) is 5.88 Å². The van der Waals surface area contributed by atoms with E-state index in [-0.39, 0.29) is 18.4 Å². The van der Waals surface area contributed by atoms with Crippen LogP contribution in [0.15, 0.2) is 36.5 Å². The molecule has 0 aliphatic heterocycles. The van der Waals surface area contributed by atoms with E-state index in [1.807, 2.05) is 26.0 Å². The van der Waals surface area contributed by atoms with Crippen LogP contribution in [0.5, 0.6) is 5.88 Å². The quantitative estimate of drug-likeness (QED) is 0.666. The molecule has 0 spiro atoms. The largest absolute Gasteiger partial charge is 0.477 e. The summed E-state index contributed by atoms with van der Waals surface area (Å²) >= 11 is 0. The highest BCUT2D eigenvalue weighted by Gasteiger charge is 2.10. The smallest absolute Gasteiger partial charge is 0.251 e. The summed E-state index contributed by atoms with van der Waals surface area (Å²) in [5.74, 6) is 0.00326. The predicted octanol–water partition coefficient (Wildman–Crippen LogP) is 2.92. The van der Waals surface area contributed by atoms with Crippen molar-refractivity contribution in [2.24, 2.45) is 0 Å². The summed E-state index contributed by atoms with van der Waals surface area (Å²) in [6.45, 7) is 6.77. The molecule has 144 valence electrons. The average molecular weight is 369 g/mol. The zero-order chi connectivity index (χ0) is 19.6. The molecule has 2 rings (SSSR count). The van der Waals surface area contributed by atoms with E-state index in [0.29, 0.717) is 24.6 Å². The third-order valence-corrected chi connectivity index (χ3v) is 3.96. The highest BCUT2D eigenvalue weighted by molar-refractivity contribution is 5.96. The number of hydrogen-bond donors (Lipinski definition) is 2. The molecule has 0 aliphatic carbocycles. The number of nitrogens with zero attached hydrogens (tertiary/aromatic N) is 1. The van der Waals surface area contributed by atoms with Crippen molar-refractivity contribution in [2.45, 2.75) is 40.2 Å². The molecule has 2 amide bonds. The number of carbonyl (C=O) groups excluding carboxylic acids is 2. The van der Waals surface area contributed by atoms with Gasteiger partial charge in [0.25, 0.3) is 5.91 Å². The Morgan fingerprint density at radius 2 is 1.85 bits per heavy atom. The fourth-order valence-corrected chi connectivity index (χ4v) is 2.63. The van der Waals surface area contributed by atoms with Crippen LogP contribution in [0.4, 0.5) is 0 Å². The third kappa shape index (κ3) is 6.73. The van der Waals surface area contributed by atoms with Gasteiger partial charge in [0.1, 0.15) is 0 Å². The molecule has 0 unspecified atom stereocenters. The number of hydrogen-bond acceptors (Lipinski definition) is 4. The lowest BCUT2D eigenvalue weighted by atomic mass is 10.1. The van der Waals surface area contributed by atoms with Crippen molar-refractivity contribution in [1.29, 1.82) is 0 Å². The minimum atomic E-state index is -0.268. The molecule has 0 fully saturated rings. The van der Waals surface area contributed by atoms with Crippen molar-refractivity contribution >= 4 is 11.8 Å². The molecule has 1 aromatic carbocycles. The van der Waals surface area contributed by atoms with E-state index >= 15 is 0 Å². The Balaban J connectivity index is 1.83. The summed E-state index contributed by atoms with van der Waals surface area (Å²) < 4.78 is 5.66. The van der Waals surface area contributed by atoms with Gasteiger partial charge in [0.05, 0.1) is 13.2 Å². The standard InChI is InChI=1S/C21H27N3O3/c1-4-5-9-27-21-17(7-6-8-22-21)13-23-19(25)14-24-20(26)18-11-15(2)10-16(3)12-18/h6-8,10-12H,4-5,9,13-14H2,1-3H3,(H,23,25)(H,24,26). The lowest BCUT2D eigenvalue weighted by molar-refractivity contribution is -0.120. The first-order chi connectivity index (χ1) is 13.0. The Bertz CT molecular complexity index is 770. The van der Waals surface area contributed by atoms with Crippen LogP contribution in [0.2, 0.25) is 0 Å². The fourth-order valence-electron chi connectivity index (χ4n) is 2.63. The number of pyridine rings is 1. The molecule has 0 aliphatic rings. The molecule has 2 N–H and O–H groups in total. The van der Waals surface area contributed by atoms with E-state index in [1.165, 1.54) is 0 Å². The first kappa shape index (κ1) is 20.4. The van der Waals surface area contributed by atoms with Crippen LogP contribution in [0.25, 0.3) is 0 Å². The zero-order valence-corrected chi connectivity index (χ0v) is 16.2. The van der Waals surface area contributed by atoms with Gasteiger partial charge < -0.3 is 15.4 Å². The number of aromatic nitrogens is 1. The molecule has 0 radical (unpaired) electrons. The Morgan fingerprint density at radius 1 is 1.11 bits per heavy atom. The number of carbonyl (C=O) groups is 2. The monoisotopic (exact) mass is 369 g/mol. The third-order valence-electron chi connectivity index (χ3n) is 3.96. The van der Waals surface area contributed by atoms with Gasteiger partial charge >= 0.3 is 0 Å². The van der Waals surface area contributed by atoms with E-state index in [2.05, 4.69) is 22.5 Å². The minimum absolute atomic E-state index is 0.0852. The molecule has 0 saturated carbocycles. The SMILES string of the molecule is CCCCOc1ncccc1CNC(=O)CNC(=O)c1cc(C)cc(C)c1. The zero-order valence-electron chi connectivity index (χ0n) is 16.2. The van der Waals surface area contributed by atoms with E-state index in [4.69, 9.17) is 4.74 Å². The number of benzene rings is 1. The van der Waals surface area contributed by atoms with Gasteiger partial charge in [-0.25, -0.2) is 4.98 Å². The van der Waals surface area contributed by atoms with Crippen molar-refractivity contribution in [1.82, 2.24) is 15.6 Å². The van der Waals surface area contributed by atoms with Crippen LogP contribution < -0.4 is 15.4 Å². The van der Waals surface area contributed by atoms with Crippen molar-refractivity contribution in [3.63, 3.8) is 0 Å². The Hall–Kier alpha value is -2.89. The Kier molecular flexibility index (Phi) is 7.79. The highest BCUT2D eigenvalue weighted by Crippen LogP contribution is 2.14. The molecule has 0 saturated heterocycles. The molecular formula is C21H27N3O3. The van der Waals surface area contributed by atoms with Gasteiger partial charge in [0.15, 0.2) is 0 Å². The van der Waals surface area contributed by atoms with Crippen molar-refractivity contribution in [2.75, 3.05) is 13.2 Å². The molecule has 1 heterocycles. The maximum absolute atomic E-state index is 12.2. The van der Waals surface area contributed by atoms with Crippen LogP contribution in [0.1, 0.15) is 46.8 Å². The summed E-state index contributed by atoms with van der Waals surface area (Å²) in [4.78, 5) is 28.5. The first-order valence-corrected chi connectivity index (χ1v) is 9.19. The van der Waals surface area contributed by atoms with Crippen LogP contribution >= 0.6 is 0 Å². The van der Waals surface area contributed by atoms with Crippen LogP contribution in [-0.2, 0) is 11.3 Å². The maximum atomic E-state index is 12.2. The second-order valence-electron chi connectivity index (χ2n) is 6.51. The average Bonchev–Trinajstić information content (AvgIpc) is 2.64. The molecule has 6 nitrogen and oxygen atoms in total. The van der Waals surface area contributed by atoms with Gasteiger partial charge in [0, 0.05) is 23.9 Å². The molecule has 0 bridgehead atoms. The number of unbranched alkanes of at least 4 members (excludes halogenated alkanes) is 1. The number of aryl methyl sites for hydroxylation is 2. The van der Waals surface area contributed by atoms with Crippen molar-refractivity contribution in [3.05, 3.63) is 58.8 Å². The Labute approximate surface area is 160 Å². The van der Waals surface area contributed by atoms with Gasteiger partial charge in [-0.3, -0.25) is 9.59 Å².